The van der Waals surface area contributed by atoms with E-state index in [0.717, 1.165) is 38.9 Å². The van der Waals surface area contributed by atoms with Gasteiger partial charge in [-0.05, 0) is 42.7 Å². The summed E-state index contributed by atoms with van der Waals surface area (Å²) in [6.45, 7) is 4.65. The van der Waals surface area contributed by atoms with Gasteiger partial charge in [0.1, 0.15) is 11.3 Å². The summed E-state index contributed by atoms with van der Waals surface area (Å²) >= 11 is -2.07. The third kappa shape index (κ3) is 5.26. The first-order chi connectivity index (χ1) is 16.2. The van der Waals surface area contributed by atoms with Crippen LogP contribution in [0.1, 0.15) is 25.2 Å². The lowest BCUT2D eigenvalue weighted by Gasteiger charge is -2.20. The minimum Gasteiger partial charge on any atom is -0.389 e. The molecule has 180 valence electrons. The highest BCUT2D eigenvalue weighted by atomic mass is 32.2. The lowest BCUT2D eigenvalue weighted by molar-refractivity contribution is 0.0615. The van der Waals surface area contributed by atoms with Crippen LogP contribution in [0.25, 0.3) is 33.1 Å². The second-order valence-electron chi connectivity index (χ2n) is 8.87. The fourth-order valence-electron chi connectivity index (χ4n) is 4.08. The van der Waals surface area contributed by atoms with E-state index in [1.165, 1.54) is 0 Å². The van der Waals surface area contributed by atoms with Gasteiger partial charge in [-0.3, -0.25) is 4.55 Å². The number of aliphatic hydroxyl groups is 1. The number of nitrogens with one attached hydrogen (secondary N) is 1. The smallest absolute Gasteiger partial charge is 0.232 e. The number of nitrogens with two attached hydrogens (primary N) is 1. The molecule has 2 heterocycles. The molecule has 1 atom stereocenters. The maximum atomic E-state index is 10.9. The number of rotatable bonds is 9. The number of nitrogen functional groups attached to an aromatic ring is 1. The van der Waals surface area contributed by atoms with E-state index < -0.39 is 16.9 Å². The van der Waals surface area contributed by atoms with Gasteiger partial charge in [0.05, 0.1) is 29.8 Å². The van der Waals surface area contributed by atoms with Crippen LogP contribution in [0.4, 0.5) is 5.82 Å². The molecule has 10 heteroatoms. The average molecular weight is 484 g/mol. The van der Waals surface area contributed by atoms with Gasteiger partial charge in [-0.1, -0.05) is 30.3 Å². The standard InChI is InChI=1S/C24H29N5O4S/c1-24(2,30)14-29-20(9-10-33-3)28-21-22(29)18-8-7-17(12-19(18)27-23(21)25)16-6-4-5-15(11-16)13-26-34(31)32/h4-8,11-12,26,30H,9-10,13-14H2,1-3H3,(H2,25,27)(H,31,32). The molecular formula is C24H29N5O4S. The van der Waals surface area contributed by atoms with Crippen molar-refractivity contribution in [3.05, 3.63) is 53.9 Å². The van der Waals surface area contributed by atoms with Crippen molar-refractivity contribution >= 4 is 39.0 Å². The van der Waals surface area contributed by atoms with Gasteiger partial charge in [0.2, 0.25) is 11.3 Å². The third-order valence-corrected chi connectivity index (χ3v) is 5.91. The summed E-state index contributed by atoms with van der Waals surface area (Å²) < 4.78 is 29.7. The van der Waals surface area contributed by atoms with Crippen LogP contribution >= 0.6 is 0 Å². The van der Waals surface area contributed by atoms with Gasteiger partial charge in [0.25, 0.3) is 0 Å². The van der Waals surface area contributed by atoms with E-state index in [0.29, 0.717) is 30.9 Å². The fraction of sp³-hybridized carbons (Fsp3) is 0.333. The Morgan fingerprint density at radius 1 is 1.18 bits per heavy atom. The third-order valence-electron chi connectivity index (χ3n) is 5.52. The molecular weight excluding hydrogens is 454 g/mol. The molecule has 2 aromatic heterocycles. The van der Waals surface area contributed by atoms with Crippen LogP contribution in [0.3, 0.4) is 0 Å². The zero-order valence-corrected chi connectivity index (χ0v) is 20.2. The van der Waals surface area contributed by atoms with Crippen LogP contribution in [0.15, 0.2) is 42.5 Å². The number of pyridine rings is 1. The first-order valence-electron chi connectivity index (χ1n) is 10.9. The molecule has 0 amide bonds. The molecule has 0 saturated heterocycles. The first-order valence-corrected chi connectivity index (χ1v) is 12.0. The van der Waals surface area contributed by atoms with Gasteiger partial charge < -0.3 is 20.1 Å². The maximum absolute atomic E-state index is 10.9. The second kappa shape index (κ2) is 9.77. The van der Waals surface area contributed by atoms with Gasteiger partial charge in [0.15, 0.2) is 5.82 Å². The van der Waals surface area contributed by atoms with Crippen LogP contribution in [0, 0.1) is 0 Å². The first kappa shape index (κ1) is 24.2. The molecule has 34 heavy (non-hydrogen) atoms. The normalized spacial score (nSPS) is 13.1. The van der Waals surface area contributed by atoms with Crippen molar-refractivity contribution in [3.8, 4) is 11.1 Å². The molecule has 0 fully saturated rings. The Morgan fingerprint density at radius 3 is 2.65 bits per heavy atom. The summed E-state index contributed by atoms with van der Waals surface area (Å²) in [7, 11) is 1.64. The van der Waals surface area contributed by atoms with Crippen molar-refractivity contribution in [3.63, 3.8) is 0 Å². The molecule has 0 radical (unpaired) electrons. The minimum absolute atomic E-state index is 0.275. The van der Waals surface area contributed by atoms with E-state index in [1.807, 2.05) is 47.0 Å². The molecule has 0 aliphatic heterocycles. The molecule has 9 nitrogen and oxygen atoms in total. The minimum atomic E-state index is -2.07. The Labute approximate surface area is 200 Å². The van der Waals surface area contributed by atoms with Crippen LogP contribution < -0.4 is 10.5 Å². The van der Waals surface area contributed by atoms with Crippen molar-refractivity contribution in [1.29, 1.82) is 0 Å². The van der Waals surface area contributed by atoms with E-state index >= 15 is 0 Å². The average Bonchev–Trinajstić information content (AvgIpc) is 3.13. The Hall–Kier alpha value is -2.89. The second-order valence-corrected chi connectivity index (χ2v) is 9.65. The van der Waals surface area contributed by atoms with E-state index in [-0.39, 0.29) is 6.54 Å². The number of ether oxygens (including phenoxy) is 1. The monoisotopic (exact) mass is 483 g/mol. The Balaban J connectivity index is 1.84. The van der Waals surface area contributed by atoms with Crippen molar-refractivity contribution in [2.24, 2.45) is 0 Å². The molecule has 4 rings (SSSR count). The SMILES string of the molecule is COCCc1nc2c(N)nc3cc(-c4cccc(CNS(=O)O)c4)ccc3c2n1CC(C)(C)O. The quantitative estimate of drug-likeness (QED) is 0.269. The van der Waals surface area contributed by atoms with Gasteiger partial charge in [-0.15, -0.1) is 0 Å². The van der Waals surface area contributed by atoms with Gasteiger partial charge in [0, 0.05) is 25.5 Å². The van der Waals surface area contributed by atoms with E-state index in [4.69, 9.17) is 20.0 Å². The molecule has 0 saturated carbocycles. The molecule has 0 bridgehead atoms. The number of benzene rings is 2. The predicted molar refractivity (Wildman–Crippen MR) is 134 cm³/mol. The summed E-state index contributed by atoms with van der Waals surface area (Å²) in [6, 6.07) is 13.7. The largest absolute Gasteiger partial charge is 0.389 e. The molecule has 2 aromatic carbocycles. The Morgan fingerprint density at radius 2 is 1.94 bits per heavy atom. The highest BCUT2D eigenvalue weighted by Gasteiger charge is 2.22. The number of fused-ring (bicyclic) bond motifs is 3. The maximum Gasteiger partial charge on any atom is 0.232 e. The summed E-state index contributed by atoms with van der Waals surface area (Å²) in [4.78, 5) is 9.37. The number of aromatic nitrogens is 3. The molecule has 0 aliphatic rings. The topological polar surface area (TPSA) is 136 Å². The molecule has 5 N–H and O–H groups in total. The van der Waals surface area contributed by atoms with Crippen LogP contribution in [0.2, 0.25) is 0 Å². The van der Waals surface area contributed by atoms with Gasteiger partial charge in [-0.25, -0.2) is 18.9 Å². The number of imidazole rings is 1. The summed E-state index contributed by atoms with van der Waals surface area (Å²) in [5.74, 6) is 1.11. The summed E-state index contributed by atoms with van der Waals surface area (Å²) in [5.41, 5.74) is 10.3. The van der Waals surface area contributed by atoms with E-state index in [9.17, 15) is 9.32 Å². The van der Waals surface area contributed by atoms with Crippen LogP contribution in [-0.2, 0) is 35.5 Å². The fourth-order valence-corrected chi connectivity index (χ4v) is 4.37. The number of methoxy groups -OCH3 is 1. The van der Waals surface area contributed by atoms with Crippen LogP contribution in [0.5, 0.6) is 0 Å². The molecule has 1 unspecified atom stereocenters. The summed E-state index contributed by atoms with van der Waals surface area (Å²) in [5, 5.41) is 11.5. The number of hydrogen-bond donors (Lipinski definition) is 4. The number of nitrogens with zero attached hydrogens (tertiary/aromatic N) is 3. The van der Waals surface area contributed by atoms with Crippen LogP contribution in [-0.4, -0.2) is 47.7 Å². The Kier molecular flexibility index (Phi) is 6.96. The Bertz CT molecular complexity index is 1360. The van der Waals surface area contributed by atoms with E-state index in [2.05, 4.69) is 9.71 Å². The lowest BCUT2D eigenvalue weighted by Crippen LogP contribution is -2.27. The number of anilines is 1. The molecule has 4 aromatic rings. The van der Waals surface area contributed by atoms with Crippen molar-refractivity contribution < 1.29 is 18.6 Å². The predicted octanol–water partition coefficient (Wildman–Crippen LogP) is 3.02. The van der Waals surface area contributed by atoms with Gasteiger partial charge >= 0.3 is 0 Å². The summed E-state index contributed by atoms with van der Waals surface area (Å²) in [6.07, 6.45) is 0.583. The molecule has 0 spiro atoms. The van der Waals surface area contributed by atoms with Crippen molar-refractivity contribution in [2.75, 3.05) is 19.5 Å². The van der Waals surface area contributed by atoms with Gasteiger partial charge in [-0.2, -0.15) is 0 Å². The zero-order valence-electron chi connectivity index (χ0n) is 19.4. The number of hydrogen-bond acceptors (Lipinski definition) is 6. The van der Waals surface area contributed by atoms with Crippen molar-refractivity contribution in [2.45, 2.75) is 39.0 Å². The van der Waals surface area contributed by atoms with Crippen molar-refractivity contribution in [1.82, 2.24) is 19.3 Å². The zero-order chi connectivity index (χ0) is 24.5. The highest BCUT2D eigenvalue weighted by Crippen LogP contribution is 2.33. The van der Waals surface area contributed by atoms with E-state index in [1.54, 1.807) is 21.0 Å². The highest BCUT2D eigenvalue weighted by molar-refractivity contribution is 7.77. The lowest BCUT2D eigenvalue weighted by atomic mass is 10.0. The molecule has 0 aliphatic carbocycles.